The van der Waals surface area contributed by atoms with Gasteiger partial charge in [0, 0.05) is 109 Å². The molecule has 0 saturated carbocycles. The minimum Gasteiger partial charge on any atom is -0.391 e. The number of thiazole rings is 1. The summed E-state index contributed by atoms with van der Waals surface area (Å²) in [5.41, 5.74) is 15.4. The van der Waals surface area contributed by atoms with Crippen molar-refractivity contribution in [2.75, 3.05) is 88.8 Å². The lowest BCUT2D eigenvalue weighted by Crippen LogP contribution is -2.58. The number of piperazine rings is 1. The number of imidazole rings is 1. The van der Waals surface area contributed by atoms with Crippen LogP contribution in [0.2, 0.25) is 0 Å². The number of carbonyl (C=O) groups excluding carboxylic acids is 3. The molecule has 7 aromatic rings. The number of aryl methyl sites for hydroxylation is 1. The molecule has 4 aliphatic heterocycles. The fourth-order valence-corrected chi connectivity index (χ4v) is 13.5. The first-order valence-corrected chi connectivity index (χ1v) is 31.3. The molecule has 0 radical (unpaired) electrons. The average molecular weight is 1210 g/mol. The molecule has 23 heteroatoms. The van der Waals surface area contributed by atoms with Gasteiger partial charge in [0.25, 0.3) is 0 Å². The van der Waals surface area contributed by atoms with E-state index < -0.39 is 40.8 Å². The third kappa shape index (κ3) is 14.3. The van der Waals surface area contributed by atoms with Gasteiger partial charge in [-0.2, -0.15) is 0 Å². The fourth-order valence-electron chi connectivity index (χ4n) is 12.7. The number of pyridine rings is 2. The fraction of sp³-hybridized carbons (Fsp3) is 0.484. The molecule has 9 heterocycles. The Bertz CT molecular complexity index is 3530. The molecule has 5 atom stereocenters. The zero-order valence-electron chi connectivity index (χ0n) is 50.3. The normalized spacial score (nSPS) is 20.8. The summed E-state index contributed by atoms with van der Waals surface area (Å²) in [7, 11) is 0. The predicted molar refractivity (Wildman–Crippen MR) is 333 cm³/mol. The van der Waals surface area contributed by atoms with Crippen LogP contribution in [0, 0.1) is 24.0 Å². The molecule has 3 amide bonds. The predicted octanol–water partition coefficient (Wildman–Crippen LogP) is 6.75. The van der Waals surface area contributed by atoms with Crippen LogP contribution >= 0.6 is 11.3 Å². The molecule has 4 fully saturated rings. The molecule has 460 valence electrons. The van der Waals surface area contributed by atoms with Crippen molar-refractivity contribution in [3.63, 3.8) is 0 Å². The first-order chi connectivity index (χ1) is 41.8. The van der Waals surface area contributed by atoms with E-state index in [0.29, 0.717) is 47.9 Å². The molecular formula is C64H80F2N16O4S. The van der Waals surface area contributed by atoms with Crippen LogP contribution in [-0.2, 0) is 26.5 Å². The summed E-state index contributed by atoms with van der Waals surface area (Å²) in [5, 5.41) is 20.6. The van der Waals surface area contributed by atoms with Gasteiger partial charge < -0.3 is 51.0 Å². The number of anilines is 2. The second-order valence-electron chi connectivity index (χ2n) is 25.1. The lowest BCUT2D eigenvalue weighted by atomic mass is 9.85. The van der Waals surface area contributed by atoms with Crippen LogP contribution in [0.15, 0.2) is 97.3 Å². The van der Waals surface area contributed by atoms with Gasteiger partial charge in [0.05, 0.1) is 69.9 Å². The van der Waals surface area contributed by atoms with Crippen molar-refractivity contribution in [2.45, 2.75) is 115 Å². The average Bonchev–Trinajstić information content (AvgIpc) is 2.99. The van der Waals surface area contributed by atoms with Crippen molar-refractivity contribution in [3.05, 3.63) is 131 Å². The maximum absolute atomic E-state index is 14.5. The number of rotatable bonds is 19. The van der Waals surface area contributed by atoms with Crippen LogP contribution in [0.25, 0.3) is 32.9 Å². The Morgan fingerprint density at radius 3 is 2.28 bits per heavy atom. The van der Waals surface area contributed by atoms with Crippen molar-refractivity contribution >= 4 is 51.7 Å². The number of amides is 3. The number of aromatic nitrogens is 7. The number of nitrogens with two attached hydrogens (primary N) is 1. The maximum atomic E-state index is 14.5. The number of piperidine rings is 2. The van der Waals surface area contributed by atoms with Crippen LogP contribution in [0.4, 0.5) is 20.3 Å². The standard InChI is InChI=1S/C64H80F2N16O4S/c1-41(43-10-12-44(13-11-43)57-42(2)73-40-87-57)74-61(85)52-33-48(83)36-82(52)62(86)58(63(3,4)5)76-55(84)18-24-78-26-29-79(30-27-78)28-25-77-22-16-47(17-23-77)75-59-56-60(71-38-70-59)81(39-72-56)35-46-32-51(45-14-15-49(65)50(66)31-45)69-34-53(46)80-21-8-19-64(67,37-80)54-9-6-7-20-68-54/h6-7,9-15,20,31-32,34,38-41,47-48,52,58,83H,8,16-19,21-30,33,35-37,67H2,1-5H3,(H,74,85)(H,76,84)(H,70,71,75)/t41-,48+,52-,58+,64+/m0/s1. The summed E-state index contributed by atoms with van der Waals surface area (Å²) in [6, 6.07) is 17.6. The largest absolute Gasteiger partial charge is 0.391 e. The lowest BCUT2D eigenvalue weighted by molar-refractivity contribution is -0.144. The third-order valence-corrected chi connectivity index (χ3v) is 18.8. The molecule has 0 spiro atoms. The van der Waals surface area contributed by atoms with E-state index in [0.717, 1.165) is 129 Å². The number of hydrogen-bond acceptors (Lipinski definition) is 17. The minimum absolute atomic E-state index is 0.0122. The summed E-state index contributed by atoms with van der Waals surface area (Å²) >= 11 is 1.58. The van der Waals surface area contributed by atoms with Gasteiger partial charge in [0.15, 0.2) is 23.1 Å². The van der Waals surface area contributed by atoms with Gasteiger partial charge in [-0.3, -0.25) is 29.3 Å². The number of nitrogens with zero attached hydrogens (tertiary/aromatic N) is 12. The Morgan fingerprint density at radius 1 is 0.839 bits per heavy atom. The first-order valence-electron chi connectivity index (χ1n) is 30.4. The van der Waals surface area contributed by atoms with Gasteiger partial charge >= 0.3 is 0 Å². The number of aliphatic hydroxyl groups excluding tert-OH is 1. The molecule has 11 rings (SSSR count). The molecule has 0 bridgehead atoms. The van der Waals surface area contributed by atoms with Crippen LogP contribution in [0.5, 0.6) is 0 Å². The Labute approximate surface area is 511 Å². The topological polar surface area (TPSA) is 232 Å². The van der Waals surface area contributed by atoms with Gasteiger partial charge in [0.2, 0.25) is 17.7 Å². The summed E-state index contributed by atoms with van der Waals surface area (Å²) in [6.45, 7) is 19.1. The molecule has 87 heavy (non-hydrogen) atoms. The van der Waals surface area contributed by atoms with E-state index in [1.165, 1.54) is 17.0 Å². The van der Waals surface area contributed by atoms with Gasteiger partial charge in [-0.05, 0) is 98.0 Å². The first kappa shape index (κ1) is 61.2. The Balaban J connectivity index is 0.634. The maximum Gasteiger partial charge on any atom is 0.246 e. The van der Waals surface area contributed by atoms with E-state index >= 15 is 0 Å². The third-order valence-electron chi connectivity index (χ3n) is 17.8. The number of β-amino-alcohol motifs (C(OH)–C–C–N with tert-alkyl or cyclic N) is 1. The Morgan fingerprint density at radius 2 is 1.57 bits per heavy atom. The molecule has 5 aromatic heterocycles. The number of fused-ring (bicyclic) bond motifs is 1. The number of likely N-dealkylation sites (tertiary alicyclic amines) is 2. The van der Waals surface area contributed by atoms with Gasteiger partial charge in [0.1, 0.15) is 23.9 Å². The molecule has 0 unspecified atom stereocenters. The smallest absolute Gasteiger partial charge is 0.246 e. The Hall–Kier alpha value is -7.41. The lowest BCUT2D eigenvalue weighted by Gasteiger charge is -2.41. The summed E-state index contributed by atoms with van der Waals surface area (Å²) < 4.78 is 30.5. The van der Waals surface area contributed by atoms with Crippen LogP contribution in [-0.4, -0.2) is 180 Å². The number of aliphatic hydroxyl groups is 1. The zero-order valence-corrected chi connectivity index (χ0v) is 51.2. The molecule has 0 aliphatic carbocycles. The summed E-state index contributed by atoms with van der Waals surface area (Å²) in [4.78, 5) is 81.8. The molecule has 20 nitrogen and oxygen atoms in total. The highest BCUT2D eigenvalue weighted by Crippen LogP contribution is 2.36. The van der Waals surface area contributed by atoms with Crippen molar-refractivity contribution in [2.24, 2.45) is 11.1 Å². The Kier molecular flexibility index (Phi) is 18.7. The van der Waals surface area contributed by atoms with E-state index in [1.807, 2.05) is 93.2 Å². The van der Waals surface area contributed by atoms with Crippen molar-refractivity contribution in [1.82, 2.24) is 64.7 Å². The second kappa shape index (κ2) is 26.5. The monoisotopic (exact) mass is 1210 g/mol. The quantitative estimate of drug-likeness (QED) is 0.0564. The van der Waals surface area contributed by atoms with Crippen LogP contribution < -0.4 is 26.6 Å². The molecule has 6 N–H and O–H groups in total. The van der Waals surface area contributed by atoms with E-state index in [1.54, 1.807) is 36.4 Å². The van der Waals surface area contributed by atoms with Crippen molar-refractivity contribution in [3.8, 4) is 21.7 Å². The van der Waals surface area contributed by atoms with Crippen LogP contribution in [0.1, 0.15) is 94.8 Å². The number of benzene rings is 2. The second-order valence-corrected chi connectivity index (χ2v) is 25.9. The van der Waals surface area contributed by atoms with Gasteiger partial charge in [-0.15, -0.1) is 11.3 Å². The molecular weight excluding hydrogens is 1130 g/mol. The summed E-state index contributed by atoms with van der Waals surface area (Å²) in [5.74, 6) is -2.12. The van der Waals surface area contributed by atoms with E-state index in [9.17, 15) is 28.3 Å². The van der Waals surface area contributed by atoms with Gasteiger partial charge in [-0.25, -0.2) is 28.7 Å². The van der Waals surface area contributed by atoms with Crippen LogP contribution in [0.3, 0.4) is 0 Å². The highest BCUT2D eigenvalue weighted by atomic mass is 32.1. The van der Waals surface area contributed by atoms with Crippen molar-refractivity contribution < 1.29 is 28.3 Å². The summed E-state index contributed by atoms with van der Waals surface area (Å²) in [6.07, 6.45) is 9.88. The number of carbonyl (C=O) groups is 3. The van der Waals surface area contributed by atoms with E-state index in [-0.39, 0.29) is 49.2 Å². The zero-order chi connectivity index (χ0) is 61.0. The highest BCUT2D eigenvalue weighted by molar-refractivity contribution is 7.13. The molecule has 2 aromatic carbocycles. The van der Waals surface area contributed by atoms with Gasteiger partial charge in [-0.1, -0.05) is 51.1 Å². The van der Waals surface area contributed by atoms with Crippen molar-refractivity contribution in [1.29, 1.82) is 0 Å². The number of nitrogens with one attached hydrogen (secondary N) is 3. The van der Waals surface area contributed by atoms with E-state index in [4.69, 9.17) is 20.7 Å². The molecule has 4 aliphatic rings. The minimum atomic E-state index is -0.940. The molecule has 4 saturated heterocycles. The highest BCUT2D eigenvalue weighted by Gasteiger charge is 2.45. The number of hydrogen-bond donors (Lipinski definition) is 5. The number of halogens is 2. The van der Waals surface area contributed by atoms with E-state index in [2.05, 4.69) is 50.5 Å². The SMILES string of the molecule is Cc1ncsc1-c1ccc([C@H](C)NC(=O)[C@@H]2C[C@@H](O)CN2C(=O)[C@@H](NC(=O)CCN2CCN(CCN3CCC(Nc4ncnc5c4ncn5Cc4cc(-c5ccc(F)c(F)c5)ncc4N4CCC[C@](N)(c5ccccn5)C4)CC3)CC2)C(C)(C)C)cc1.